The molecule has 0 radical (unpaired) electrons. The molecule has 0 aliphatic carbocycles. The molecule has 126 valence electrons. The van der Waals surface area contributed by atoms with E-state index in [9.17, 15) is 19.3 Å². The Kier molecular flexibility index (Phi) is 5.54. The number of benzene rings is 1. The molecule has 1 amide bonds. The second-order valence-electron chi connectivity index (χ2n) is 6.00. The molecule has 0 saturated carbocycles. The molecule has 23 heavy (non-hydrogen) atoms. The normalized spacial score (nSPS) is 23.6. The summed E-state index contributed by atoms with van der Waals surface area (Å²) in [5.41, 5.74) is -0.337. The number of amides is 1. The average molecular weight is 344 g/mol. The predicted octanol–water partition coefficient (Wildman–Crippen LogP) is 2.23. The molecule has 2 atom stereocenters. The zero-order valence-corrected chi connectivity index (χ0v) is 13.4. The first-order valence-electron chi connectivity index (χ1n) is 7.49. The van der Waals surface area contributed by atoms with Gasteiger partial charge in [0.15, 0.2) is 0 Å². The highest BCUT2D eigenvalue weighted by Crippen LogP contribution is 2.28. The summed E-state index contributed by atoms with van der Waals surface area (Å²) >= 11 is 0. The van der Waals surface area contributed by atoms with Crippen molar-refractivity contribution in [3.8, 4) is 0 Å². The van der Waals surface area contributed by atoms with Crippen LogP contribution in [0.5, 0.6) is 0 Å². The van der Waals surface area contributed by atoms with E-state index in [-0.39, 0.29) is 29.6 Å². The monoisotopic (exact) mass is 343 g/mol. The molecule has 6 nitrogen and oxygen atoms in total. The maximum absolute atomic E-state index is 13.5. The maximum Gasteiger partial charge on any atom is 0.273 e. The molecule has 3 rings (SSSR count). The fraction of sp³-hybridized carbons (Fsp3) is 0.533. The number of hydrogen-bond acceptors (Lipinski definition) is 4. The third-order valence-electron chi connectivity index (χ3n) is 4.65. The van der Waals surface area contributed by atoms with Gasteiger partial charge in [-0.3, -0.25) is 14.9 Å². The van der Waals surface area contributed by atoms with E-state index in [0.29, 0.717) is 24.9 Å². The van der Waals surface area contributed by atoms with Crippen molar-refractivity contribution in [1.29, 1.82) is 0 Å². The molecule has 2 aliphatic heterocycles. The van der Waals surface area contributed by atoms with Crippen LogP contribution in [-0.2, 0) is 0 Å². The number of nitrogens with zero attached hydrogens (tertiary/aromatic N) is 2. The van der Waals surface area contributed by atoms with Crippen molar-refractivity contribution in [2.45, 2.75) is 12.8 Å². The SMILES string of the molecule is Cl.O=C(c1cc(F)cc([N+](=O)[O-])c1)N1CC[C@@H]2CNC[C@@H]2CC1. The van der Waals surface area contributed by atoms with Gasteiger partial charge in [-0.2, -0.15) is 0 Å². The number of halogens is 2. The number of non-ortho nitro benzene ring substituents is 1. The van der Waals surface area contributed by atoms with Crippen molar-refractivity contribution in [3.05, 3.63) is 39.7 Å². The molecular formula is C15H19ClFN3O3. The summed E-state index contributed by atoms with van der Waals surface area (Å²) in [4.78, 5) is 24.3. The number of nitro benzene ring substituents is 1. The predicted molar refractivity (Wildman–Crippen MR) is 85.3 cm³/mol. The fourth-order valence-corrected chi connectivity index (χ4v) is 3.41. The Bertz CT molecular complexity index is 600. The minimum Gasteiger partial charge on any atom is -0.339 e. The summed E-state index contributed by atoms with van der Waals surface area (Å²) in [6.07, 6.45) is 1.83. The number of fused-ring (bicyclic) bond motifs is 1. The minimum atomic E-state index is -0.756. The Morgan fingerprint density at radius 1 is 1.22 bits per heavy atom. The Morgan fingerprint density at radius 2 is 1.83 bits per heavy atom. The molecule has 0 aromatic heterocycles. The highest BCUT2D eigenvalue weighted by atomic mass is 35.5. The van der Waals surface area contributed by atoms with Gasteiger partial charge in [0.1, 0.15) is 5.82 Å². The lowest BCUT2D eigenvalue weighted by atomic mass is 9.92. The smallest absolute Gasteiger partial charge is 0.273 e. The van der Waals surface area contributed by atoms with Crippen LogP contribution < -0.4 is 5.32 Å². The average Bonchev–Trinajstić information content (AvgIpc) is 2.84. The van der Waals surface area contributed by atoms with Crippen LogP contribution in [0.1, 0.15) is 23.2 Å². The number of rotatable bonds is 2. The van der Waals surface area contributed by atoms with Gasteiger partial charge in [-0.1, -0.05) is 0 Å². The van der Waals surface area contributed by atoms with Gasteiger partial charge in [0.05, 0.1) is 11.0 Å². The van der Waals surface area contributed by atoms with E-state index in [1.54, 1.807) is 4.90 Å². The molecule has 2 heterocycles. The summed E-state index contributed by atoms with van der Waals surface area (Å²) in [5.74, 6) is 0.0864. The highest BCUT2D eigenvalue weighted by molar-refractivity contribution is 5.94. The quantitative estimate of drug-likeness (QED) is 0.660. The van der Waals surface area contributed by atoms with Crippen LogP contribution in [0.3, 0.4) is 0 Å². The first-order chi connectivity index (χ1) is 10.5. The summed E-state index contributed by atoms with van der Waals surface area (Å²) in [6, 6.07) is 3.05. The molecule has 1 aromatic carbocycles. The molecule has 1 N–H and O–H groups in total. The van der Waals surface area contributed by atoms with Crippen LogP contribution in [0.15, 0.2) is 18.2 Å². The Morgan fingerprint density at radius 3 is 2.39 bits per heavy atom. The van der Waals surface area contributed by atoms with E-state index in [1.807, 2.05) is 0 Å². The summed E-state index contributed by atoms with van der Waals surface area (Å²) in [7, 11) is 0. The van der Waals surface area contributed by atoms with Crippen LogP contribution in [0.4, 0.5) is 10.1 Å². The lowest BCUT2D eigenvalue weighted by molar-refractivity contribution is -0.385. The first-order valence-corrected chi connectivity index (χ1v) is 7.49. The van der Waals surface area contributed by atoms with E-state index in [2.05, 4.69) is 5.32 Å². The lowest BCUT2D eigenvalue weighted by Crippen LogP contribution is -2.32. The van der Waals surface area contributed by atoms with Gasteiger partial charge >= 0.3 is 0 Å². The number of hydrogen-bond donors (Lipinski definition) is 1. The second kappa shape index (κ2) is 7.23. The van der Waals surface area contributed by atoms with Gasteiger partial charge in [-0.25, -0.2) is 4.39 Å². The van der Waals surface area contributed by atoms with Crippen LogP contribution in [0.2, 0.25) is 0 Å². The number of nitrogens with one attached hydrogen (secondary N) is 1. The van der Waals surface area contributed by atoms with Crippen molar-refractivity contribution in [2.75, 3.05) is 26.2 Å². The van der Waals surface area contributed by atoms with Gasteiger partial charge in [0.25, 0.3) is 11.6 Å². The Labute approximate surface area is 139 Å². The zero-order valence-electron chi connectivity index (χ0n) is 12.5. The molecule has 2 fully saturated rings. The molecular weight excluding hydrogens is 325 g/mol. The first kappa shape index (κ1) is 17.6. The van der Waals surface area contributed by atoms with Gasteiger partial charge in [0.2, 0.25) is 0 Å². The van der Waals surface area contributed by atoms with Gasteiger partial charge < -0.3 is 10.2 Å². The van der Waals surface area contributed by atoms with E-state index >= 15 is 0 Å². The van der Waals surface area contributed by atoms with E-state index in [4.69, 9.17) is 0 Å². The van der Waals surface area contributed by atoms with E-state index in [0.717, 1.165) is 44.1 Å². The molecule has 2 aliphatic rings. The van der Waals surface area contributed by atoms with Crippen molar-refractivity contribution < 1.29 is 14.1 Å². The Hall–Kier alpha value is -1.73. The van der Waals surface area contributed by atoms with Crippen molar-refractivity contribution >= 4 is 24.0 Å². The second-order valence-corrected chi connectivity index (χ2v) is 6.00. The molecule has 0 unspecified atom stereocenters. The van der Waals surface area contributed by atoms with E-state index < -0.39 is 10.7 Å². The van der Waals surface area contributed by atoms with Crippen molar-refractivity contribution in [1.82, 2.24) is 10.2 Å². The fourth-order valence-electron chi connectivity index (χ4n) is 3.41. The minimum absolute atomic E-state index is 0. The third kappa shape index (κ3) is 3.79. The Balaban J connectivity index is 0.00000192. The summed E-state index contributed by atoms with van der Waals surface area (Å²) < 4.78 is 13.5. The lowest BCUT2D eigenvalue weighted by Gasteiger charge is -2.21. The van der Waals surface area contributed by atoms with Crippen molar-refractivity contribution in [3.63, 3.8) is 0 Å². The summed E-state index contributed by atoms with van der Waals surface area (Å²) in [5, 5.41) is 14.2. The third-order valence-corrected chi connectivity index (χ3v) is 4.65. The van der Waals surface area contributed by atoms with Crippen LogP contribution in [-0.4, -0.2) is 41.9 Å². The number of likely N-dealkylation sites (tertiary alicyclic amines) is 1. The number of carbonyl (C=O) groups is 1. The highest BCUT2D eigenvalue weighted by Gasteiger charge is 2.32. The molecule has 2 saturated heterocycles. The topological polar surface area (TPSA) is 75.5 Å². The van der Waals surface area contributed by atoms with Gasteiger partial charge in [-0.15, -0.1) is 12.4 Å². The van der Waals surface area contributed by atoms with Crippen molar-refractivity contribution in [2.24, 2.45) is 11.8 Å². The number of carbonyl (C=O) groups excluding carboxylic acids is 1. The molecule has 1 aromatic rings. The van der Waals surface area contributed by atoms with Gasteiger partial charge in [-0.05, 0) is 43.8 Å². The van der Waals surface area contributed by atoms with E-state index in [1.165, 1.54) is 0 Å². The molecule has 0 spiro atoms. The van der Waals surface area contributed by atoms with Gasteiger partial charge in [0, 0.05) is 24.7 Å². The van der Waals surface area contributed by atoms with Crippen LogP contribution in [0.25, 0.3) is 0 Å². The van der Waals surface area contributed by atoms with Crippen LogP contribution in [0, 0.1) is 27.8 Å². The maximum atomic E-state index is 13.5. The standard InChI is InChI=1S/C15H18FN3O3.ClH/c16-13-5-12(6-14(7-13)19(21)22)15(20)18-3-1-10-8-17-9-11(10)2-4-18;/h5-7,10-11,17H,1-4,8-9H2;1H/t10-,11+;. The summed E-state index contributed by atoms with van der Waals surface area (Å²) in [6.45, 7) is 3.20. The zero-order chi connectivity index (χ0) is 15.7. The largest absolute Gasteiger partial charge is 0.339 e. The van der Waals surface area contributed by atoms with Crippen LogP contribution >= 0.6 is 12.4 Å². The number of nitro groups is 1. The molecule has 0 bridgehead atoms. The molecule has 8 heteroatoms.